The van der Waals surface area contributed by atoms with Crippen LogP contribution in [0, 0.1) is 0 Å². The van der Waals surface area contributed by atoms with Crippen molar-refractivity contribution in [2.75, 3.05) is 6.54 Å². The third-order valence-electron chi connectivity index (χ3n) is 3.46. The third-order valence-corrected chi connectivity index (χ3v) is 3.46. The topological polar surface area (TPSA) is 43.8 Å². The average Bonchev–Trinajstić information content (AvgIpc) is 3.09. The van der Waals surface area contributed by atoms with E-state index in [0.29, 0.717) is 6.54 Å². The van der Waals surface area contributed by atoms with E-state index in [1.54, 1.807) is 0 Å². The van der Waals surface area contributed by atoms with Gasteiger partial charge in [-0.15, -0.1) is 0 Å². The maximum absolute atomic E-state index is 5.72. The first kappa shape index (κ1) is 9.85. The lowest BCUT2D eigenvalue weighted by Crippen LogP contribution is -2.05. The Labute approximate surface area is 95.3 Å². The molecule has 0 saturated heterocycles. The molecule has 3 rings (SSSR count). The normalized spacial score (nSPS) is 15.9. The zero-order valence-electron chi connectivity index (χ0n) is 9.61. The average molecular weight is 215 g/mol. The molecule has 0 aromatic carbocycles. The fraction of sp³-hybridized carbons (Fsp3) is 0.462. The van der Waals surface area contributed by atoms with E-state index in [1.165, 1.54) is 29.5 Å². The Bertz CT molecular complexity index is 523. The van der Waals surface area contributed by atoms with Gasteiger partial charge in [-0.25, -0.2) is 4.98 Å². The summed E-state index contributed by atoms with van der Waals surface area (Å²) in [7, 11) is 2.13. The molecule has 0 radical (unpaired) electrons. The van der Waals surface area contributed by atoms with Crippen molar-refractivity contribution in [2.45, 2.75) is 25.2 Å². The van der Waals surface area contributed by atoms with Gasteiger partial charge in [0.1, 0.15) is 5.65 Å². The summed E-state index contributed by atoms with van der Waals surface area (Å²) in [5.41, 5.74) is 9.72. The van der Waals surface area contributed by atoms with Gasteiger partial charge in [0, 0.05) is 24.3 Å². The first-order valence-electron chi connectivity index (χ1n) is 5.95. The molecule has 0 spiro atoms. The molecule has 0 aliphatic heterocycles. The van der Waals surface area contributed by atoms with Crippen molar-refractivity contribution in [3.05, 3.63) is 29.6 Å². The van der Waals surface area contributed by atoms with Gasteiger partial charge in [0.25, 0.3) is 0 Å². The van der Waals surface area contributed by atoms with Crippen LogP contribution in [0.25, 0.3) is 11.0 Å². The van der Waals surface area contributed by atoms with Crippen LogP contribution < -0.4 is 5.73 Å². The molecule has 16 heavy (non-hydrogen) atoms. The molecule has 2 heterocycles. The molecule has 3 heteroatoms. The van der Waals surface area contributed by atoms with Gasteiger partial charge in [-0.1, -0.05) is 0 Å². The summed E-state index contributed by atoms with van der Waals surface area (Å²) in [6.45, 7) is 0.716. The standard InChI is InChI=1S/C13H17N3/c1-16-12(9-4-5-9)10(6-7-14)11-3-2-8-15-13(11)16/h2-3,8-9H,4-7,14H2,1H3. The van der Waals surface area contributed by atoms with Crippen LogP contribution >= 0.6 is 0 Å². The molecular weight excluding hydrogens is 198 g/mol. The molecule has 1 fully saturated rings. The van der Waals surface area contributed by atoms with Gasteiger partial charge in [0.05, 0.1) is 0 Å². The summed E-state index contributed by atoms with van der Waals surface area (Å²) in [6, 6.07) is 4.18. The monoisotopic (exact) mass is 215 g/mol. The van der Waals surface area contributed by atoms with E-state index in [9.17, 15) is 0 Å². The highest BCUT2D eigenvalue weighted by molar-refractivity contribution is 5.82. The van der Waals surface area contributed by atoms with E-state index < -0.39 is 0 Å². The molecule has 1 aliphatic carbocycles. The number of aryl methyl sites for hydroxylation is 1. The SMILES string of the molecule is Cn1c(C2CC2)c(CCN)c2cccnc21. The zero-order chi connectivity index (χ0) is 11.1. The number of rotatable bonds is 3. The van der Waals surface area contributed by atoms with E-state index in [0.717, 1.165) is 18.0 Å². The molecule has 0 atom stereocenters. The molecule has 84 valence electrons. The van der Waals surface area contributed by atoms with Crippen LogP contribution in [0.2, 0.25) is 0 Å². The van der Waals surface area contributed by atoms with Crippen molar-refractivity contribution >= 4 is 11.0 Å². The highest BCUT2D eigenvalue weighted by Gasteiger charge is 2.30. The van der Waals surface area contributed by atoms with E-state index >= 15 is 0 Å². The maximum atomic E-state index is 5.72. The third kappa shape index (κ3) is 1.35. The predicted molar refractivity (Wildman–Crippen MR) is 65.4 cm³/mol. The summed E-state index contributed by atoms with van der Waals surface area (Å²) in [5, 5.41) is 1.29. The van der Waals surface area contributed by atoms with Crippen LogP contribution in [-0.4, -0.2) is 16.1 Å². The summed E-state index contributed by atoms with van der Waals surface area (Å²) in [6.07, 6.45) is 5.48. The molecular formula is C13H17N3. The van der Waals surface area contributed by atoms with E-state index in [4.69, 9.17) is 5.73 Å². The Kier molecular flexibility index (Phi) is 2.21. The highest BCUT2D eigenvalue weighted by Crippen LogP contribution is 2.44. The summed E-state index contributed by atoms with van der Waals surface area (Å²) >= 11 is 0. The molecule has 2 aromatic rings. The van der Waals surface area contributed by atoms with Crippen molar-refractivity contribution in [1.82, 2.24) is 9.55 Å². The summed E-state index contributed by atoms with van der Waals surface area (Å²) < 4.78 is 2.26. The van der Waals surface area contributed by atoms with Gasteiger partial charge in [-0.05, 0) is 49.4 Å². The maximum Gasteiger partial charge on any atom is 0.140 e. The molecule has 2 N–H and O–H groups in total. The highest BCUT2D eigenvalue weighted by atomic mass is 15.0. The number of hydrogen-bond donors (Lipinski definition) is 1. The quantitative estimate of drug-likeness (QED) is 0.850. The number of fused-ring (bicyclic) bond motifs is 1. The van der Waals surface area contributed by atoms with E-state index in [1.807, 2.05) is 12.3 Å². The minimum Gasteiger partial charge on any atom is -0.332 e. The van der Waals surface area contributed by atoms with Gasteiger partial charge >= 0.3 is 0 Å². The lowest BCUT2D eigenvalue weighted by Gasteiger charge is -2.04. The van der Waals surface area contributed by atoms with Crippen LogP contribution in [0.15, 0.2) is 18.3 Å². The smallest absolute Gasteiger partial charge is 0.140 e. The van der Waals surface area contributed by atoms with Gasteiger partial charge in [-0.2, -0.15) is 0 Å². The second kappa shape index (κ2) is 3.59. The van der Waals surface area contributed by atoms with Crippen molar-refractivity contribution in [3.63, 3.8) is 0 Å². The van der Waals surface area contributed by atoms with Crippen molar-refractivity contribution in [3.8, 4) is 0 Å². The Morgan fingerprint density at radius 3 is 3.00 bits per heavy atom. The van der Waals surface area contributed by atoms with E-state index in [2.05, 4.69) is 22.7 Å². The molecule has 0 unspecified atom stereocenters. The fourth-order valence-electron chi connectivity index (χ4n) is 2.64. The lowest BCUT2D eigenvalue weighted by atomic mass is 10.1. The first-order valence-corrected chi connectivity index (χ1v) is 5.95. The van der Waals surface area contributed by atoms with Gasteiger partial charge in [0.2, 0.25) is 0 Å². The van der Waals surface area contributed by atoms with Crippen molar-refractivity contribution < 1.29 is 0 Å². The van der Waals surface area contributed by atoms with Gasteiger partial charge in [0.15, 0.2) is 0 Å². The largest absolute Gasteiger partial charge is 0.332 e. The lowest BCUT2D eigenvalue weighted by molar-refractivity contribution is 0.821. The van der Waals surface area contributed by atoms with Crippen LogP contribution in [0.4, 0.5) is 0 Å². The van der Waals surface area contributed by atoms with E-state index in [-0.39, 0.29) is 0 Å². The van der Waals surface area contributed by atoms with Crippen LogP contribution in [0.5, 0.6) is 0 Å². The molecule has 1 aliphatic rings. The predicted octanol–water partition coefficient (Wildman–Crippen LogP) is 1.95. The van der Waals surface area contributed by atoms with Crippen molar-refractivity contribution in [2.24, 2.45) is 12.8 Å². The van der Waals surface area contributed by atoms with Crippen LogP contribution in [0.3, 0.4) is 0 Å². The Balaban J connectivity index is 2.28. The second-order valence-electron chi connectivity index (χ2n) is 4.61. The molecule has 3 nitrogen and oxygen atoms in total. The Morgan fingerprint density at radius 2 is 2.31 bits per heavy atom. The van der Waals surface area contributed by atoms with Crippen molar-refractivity contribution in [1.29, 1.82) is 0 Å². The molecule has 0 bridgehead atoms. The molecule has 0 amide bonds. The second-order valence-corrected chi connectivity index (χ2v) is 4.61. The number of nitrogens with two attached hydrogens (primary N) is 1. The Morgan fingerprint density at radius 1 is 1.50 bits per heavy atom. The molecule has 2 aromatic heterocycles. The number of aromatic nitrogens is 2. The fourth-order valence-corrected chi connectivity index (χ4v) is 2.64. The summed E-state index contributed by atoms with van der Waals surface area (Å²) in [5.74, 6) is 0.751. The molecule has 1 saturated carbocycles. The number of pyridine rings is 1. The minimum absolute atomic E-state index is 0.716. The Hall–Kier alpha value is -1.35. The number of nitrogens with zero attached hydrogens (tertiary/aromatic N) is 2. The zero-order valence-corrected chi connectivity index (χ0v) is 9.61. The van der Waals surface area contributed by atoms with Gasteiger partial charge < -0.3 is 10.3 Å². The van der Waals surface area contributed by atoms with Crippen LogP contribution in [-0.2, 0) is 13.5 Å². The summed E-state index contributed by atoms with van der Waals surface area (Å²) in [4.78, 5) is 4.48. The first-order chi connectivity index (χ1) is 7.83. The van der Waals surface area contributed by atoms with Crippen LogP contribution in [0.1, 0.15) is 30.0 Å². The number of hydrogen-bond acceptors (Lipinski definition) is 2. The van der Waals surface area contributed by atoms with Gasteiger partial charge in [-0.3, -0.25) is 0 Å². The minimum atomic E-state index is 0.716.